The second-order valence-corrected chi connectivity index (χ2v) is 3.03. The Morgan fingerprint density at radius 3 is 2.18 bits per heavy atom. The highest BCUT2D eigenvalue weighted by Crippen LogP contribution is 2.43. The van der Waals surface area contributed by atoms with Gasteiger partial charge in [-0.25, -0.2) is 0 Å². The molecule has 0 radical (unpaired) electrons. The van der Waals surface area contributed by atoms with Crippen molar-refractivity contribution in [1.29, 1.82) is 0 Å². The number of hydrogen-bond acceptors (Lipinski definition) is 4. The lowest BCUT2D eigenvalue weighted by Gasteiger charge is -2.23. The summed E-state index contributed by atoms with van der Waals surface area (Å²) in [5, 5.41) is 10.1. The van der Waals surface area contributed by atoms with Crippen molar-refractivity contribution in [1.82, 2.24) is 0 Å². The second-order valence-electron chi connectivity index (χ2n) is 3.03. The van der Waals surface area contributed by atoms with Crippen LogP contribution in [0.1, 0.15) is 11.8 Å². The highest BCUT2D eigenvalue weighted by Gasteiger charge is 2.62. The molecule has 1 heterocycles. The van der Waals surface area contributed by atoms with Crippen LogP contribution in [0.3, 0.4) is 0 Å². The summed E-state index contributed by atoms with van der Waals surface area (Å²) in [5.41, 5.74) is 4.69. The van der Waals surface area contributed by atoms with Gasteiger partial charge in [-0.1, -0.05) is 0 Å². The third-order valence-electron chi connectivity index (χ3n) is 1.87. The van der Waals surface area contributed by atoms with Crippen LogP contribution in [0.25, 0.3) is 0 Å². The van der Waals surface area contributed by atoms with Gasteiger partial charge in [0, 0.05) is 0 Å². The van der Waals surface area contributed by atoms with Gasteiger partial charge in [-0.3, -0.25) is 10.1 Å². The lowest BCUT2D eigenvalue weighted by molar-refractivity contribution is -0.402. The van der Waals surface area contributed by atoms with Crippen LogP contribution in [0.2, 0.25) is 0 Å². The van der Waals surface area contributed by atoms with E-state index in [2.05, 4.69) is 10.2 Å². The molecule has 0 aliphatic rings. The van der Waals surface area contributed by atoms with Crippen LogP contribution in [0.4, 0.5) is 27.8 Å². The summed E-state index contributed by atoms with van der Waals surface area (Å²) < 4.78 is 65.5. The average Bonchev–Trinajstić information content (AvgIpc) is 2.63. The second kappa shape index (κ2) is 3.95. The largest absolute Gasteiger partial charge is 0.455 e. The predicted molar refractivity (Wildman–Crippen MR) is 43.3 cm³/mol. The molecular formula is C7H5F5N2O3. The molecule has 2 N–H and O–H groups in total. The van der Waals surface area contributed by atoms with Gasteiger partial charge >= 0.3 is 18.0 Å². The maximum Gasteiger partial charge on any atom is 0.455 e. The Hall–Kier alpha value is -1.71. The molecule has 17 heavy (non-hydrogen) atoms. The van der Waals surface area contributed by atoms with E-state index in [1.165, 1.54) is 0 Å². The van der Waals surface area contributed by atoms with Crippen molar-refractivity contribution in [2.75, 3.05) is 0 Å². The van der Waals surface area contributed by atoms with E-state index in [1.54, 1.807) is 0 Å². The molecule has 0 amide bonds. The van der Waals surface area contributed by atoms with Crippen molar-refractivity contribution in [3.8, 4) is 0 Å². The number of alkyl halides is 5. The minimum atomic E-state index is -5.87. The number of halogens is 5. The normalized spacial score (nSPS) is 14.7. The molecule has 96 valence electrons. The van der Waals surface area contributed by atoms with Crippen molar-refractivity contribution in [3.05, 3.63) is 28.0 Å². The van der Waals surface area contributed by atoms with Gasteiger partial charge in [-0.15, -0.1) is 0 Å². The van der Waals surface area contributed by atoms with Crippen molar-refractivity contribution in [3.63, 3.8) is 0 Å². The van der Waals surface area contributed by atoms with Crippen molar-refractivity contribution < 1.29 is 31.3 Å². The molecule has 0 aliphatic heterocycles. The van der Waals surface area contributed by atoms with Gasteiger partial charge in [0.25, 0.3) is 0 Å². The fourth-order valence-corrected chi connectivity index (χ4v) is 0.962. The molecule has 1 aromatic rings. The molecule has 1 rings (SSSR count). The van der Waals surface area contributed by atoms with Crippen molar-refractivity contribution >= 4 is 5.88 Å². The summed E-state index contributed by atoms with van der Waals surface area (Å²) >= 11 is 0. The quantitative estimate of drug-likeness (QED) is 0.513. The molecule has 0 aliphatic carbocycles. The highest BCUT2D eigenvalue weighted by atomic mass is 19.4. The fraction of sp³-hybridized carbons (Fsp3) is 0.429. The maximum absolute atomic E-state index is 12.7. The lowest BCUT2D eigenvalue weighted by atomic mass is 10.1. The third kappa shape index (κ3) is 2.35. The topological polar surface area (TPSA) is 82.3 Å². The number of nitrogens with two attached hydrogens (primary N) is 1. The zero-order chi connectivity index (χ0) is 13.4. The van der Waals surface area contributed by atoms with Gasteiger partial charge in [0.1, 0.15) is 16.7 Å². The Morgan fingerprint density at radius 1 is 1.29 bits per heavy atom. The van der Waals surface area contributed by atoms with Crippen molar-refractivity contribution in [2.45, 2.75) is 18.1 Å². The van der Waals surface area contributed by atoms with E-state index in [4.69, 9.17) is 0 Å². The molecule has 1 atom stereocenters. The Kier molecular flexibility index (Phi) is 3.10. The number of hydrogen-bond donors (Lipinski definition) is 1. The number of nitro groups is 1. The standard InChI is InChI=1S/C7H5F5N2O3/c8-6(9,7(10,11)12)5(13)3-1-2-4(17-3)14(15)16/h1-2,5H,13H2/t5-/m1/s1. The van der Waals surface area contributed by atoms with Gasteiger partial charge in [0.2, 0.25) is 0 Å². The fourth-order valence-electron chi connectivity index (χ4n) is 0.962. The van der Waals surface area contributed by atoms with E-state index < -0.39 is 34.7 Å². The molecule has 0 aromatic carbocycles. The van der Waals surface area contributed by atoms with E-state index in [1.807, 2.05) is 0 Å². The predicted octanol–water partition coefficient (Wildman–Crippen LogP) is 2.39. The monoisotopic (exact) mass is 260 g/mol. The van der Waals surface area contributed by atoms with Crippen LogP contribution < -0.4 is 5.73 Å². The lowest BCUT2D eigenvalue weighted by Crippen LogP contribution is -2.45. The molecule has 0 saturated heterocycles. The van der Waals surface area contributed by atoms with Crippen LogP contribution in [0.15, 0.2) is 16.5 Å². The number of furan rings is 1. The summed E-state index contributed by atoms with van der Waals surface area (Å²) in [7, 11) is 0. The molecule has 0 unspecified atom stereocenters. The highest BCUT2D eigenvalue weighted by molar-refractivity contribution is 5.21. The molecule has 1 aromatic heterocycles. The number of rotatable bonds is 3. The zero-order valence-corrected chi connectivity index (χ0v) is 7.87. The molecule has 0 saturated carbocycles. The molecule has 0 spiro atoms. The van der Waals surface area contributed by atoms with Crippen molar-refractivity contribution in [2.24, 2.45) is 5.73 Å². The maximum atomic E-state index is 12.7. The summed E-state index contributed by atoms with van der Waals surface area (Å²) in [4.78, 5) is 9.06. The summed E-state index contributed by atoms with van der Waals surface area (Å²) in [6.07, 6.45) is -5.87. The van der Waals surface area contributed by atoms with E-state index in [0.717, 1.165) is 0 Å². The van der Waals surface area contributed by atoms with E-state index in [9.17, 15) is 32.1 Å². The first-order valence-corrected chi connectivity index (χ1v) is 4.01. The molecule has 5 nitrogen and oxygen atoms in total. The average molecular weight is 260 g/mol. The number of nitrogens with zero attached hydrogens (tertiary/aromatic N) is 1. The van der Waals surface area contributed by atoms with E-state index in [-0.39, 0.29) is 0 Å². The van der Waals surface area contributed by atoms with Gasteiger partial charge in [-0.05, 0) is 6.07 Å². The molecular weight excluding hydrogens is 255 g/mol. The van der Waals surface area contributed by atoms with Gasteiger partial charge in [0.05, 0.1) is 6.07 Å². The first kappa shape index (κ1) is 13.4. The van der Waals surface area contributed by atoms with Gasteiger partial charge in [0.15, 0.2) is 0 Å². The Labute approximate surface area is 90.1 Å². The summed E-state index contributed by atoms with van der Waals surface area (Å²) in [6.45, 7) is 0. The van der Waals surface area contributed by atoms with E-state index >= 15 is 0 Å². The molecule has 0 fully saturated rings. The SMILES string of the molecule is N[C@H](c1ccc([N+](=O)[O-])o1)C(F)(F)C(F)(F)F. The zero-order valence-electron chi connectivity index (χ0n) is 7.87. The molecule has 10 heteroatoms. The van der Waals surface area contributed by atoms with Crippen LogP contribution >= 0.6 is 0 Å². The van der Waals surface area contributed by atoms with Crippen LogP contribution in [0.5, 0.6) is 0 Å². The minimum absolute atomic E-state index is 0.600. The Morgan fingerprint density at radius 2 is 1.82 bits per heavy atom. The van der Waals surface area contributed by atoms with Crippen LogP contribution in [-0.2, 0) is 0 Å². The van der Waals surface area contributed by atoms with Gasteiger partial charge in [-0.2, -0.15) is 22.0 Å². The smallest absolute Gasteiger partial charge is 0.404 e. The summed E-state index contributed by atoms with van der Waals surface area (Å²) in [6, 6.07) is -1.60. The third-order valence-corrected chi connectivity index (χ3v) is 1.87. The first-order valence-electron chi connectivity index (χ1n) is 4.01. The minimum Gasteiger partial charge on any atom is -0.404 e. The van der Waals surface area contributed by atoms with Crippen LogP contribution in [0, 0.1) is 10.1 Å². The van der Waals surface area contributed by atoms with Gasteiger partial charge < -0.3 is 10.2 Å². The first-order chi connectivity index (χ1) is 7.57. The Balaban J connectivity index is 3.04. The van der Waals surface area contributed by atoms with E-state index in [0.29, 0.717) is 12.1 Å². The van der Waals surface area contributed by atoms with Crippen LogP contribution in [-0.4, -0.2) is 17.0 Å². The molecule has 0 bridgehead atoms. The Bertz CT molecular complexity index is 427. The summed E-state index contributed by atoms with van der Waals surface area (Å²) in [5.74, 6) is -7.22.